The van der Waals surface area contributed by atoms with Crippen LogP contribution in [0.2, 0.25) is 0 Å². The van der Waals surface area contributed by atoms with Gasteiger partial charge in [0.25, 0.3) is 0 Å². The first-order chi connectivity index (χ1) is 7.36. The highest BCUT2D eigenvalue weighted by Gasteiger charge is 1.93. The Bertz CT molecular complexity index is 331. The van der Waals surface area contributed by atoms with Gasteiger partial charge < -0.3 is 10.1 Å². The maximum absolute atomic E-state index is 8.71. The highest BCUT2D eigenvalue weighted by Crippen LogP contribution is 2.09. The topological polar surface area (TPSA) is 45.0 Å². The van der Waals surface area contributed by atoms with Gasteiger partial charge in [-0.2, -0.15) is 5.26 Å². The number of nitriles is 1. The Hall–Kier alpha value is -1.53. The Balaban J connectivity index is 2.28. The molecule has 1 aromatic rings. The van der Waals surface area contributed by atoms with Crippen molar-refractivity contribution < 1.29 is 4.74 Å². The molecule has 0 aliphatic rings. The summed E-state index contributed by atoms with van der Waals surface area (Å²) in [5.74, 6) is 0. The summed E-state index contributed by atoms with van der Waals surface area (Å²) in [5.41, 5.74) is 1.68. The van der Waals surface area contributed by atoms with Crippen LogP contribution in [0.25, 0.3) is 0 Å². The van der Waals surface area contributed by atoms with Crippen LogP contribution in [0.1, 0.15) is 18.9 Å². The van der Waals surface area contributed by atoms with Crippen LogP contribution in [-0.2, 0) is 4.74 Å². The molecule has 0 spiro atoms. The van der Waals surface area contributed by atoms with E-state index in [0.29, 0.717) is 5.56 Å². The van der Waals surface area contributed by atoms with Gasteiger partial charge in [-0.15, -0.1) is 0 Å². The van der Waals surface area contributed by atoms with Gasteiger partial charge >= 0.3 is 0 Å². The first kappa shape index (κ1) is 11.5. The molecule has 3 heteroatoms. The molecule has 0 aromatic heterocycles. The molecule has 0 saturated heterocycles. The van der Waals surface area contributed by atoms with Crippen molar-refractivity contribution in [3.05, 3.63) is 29.8 Å². The van der Waals surface area contributed by atoms with Gasteiger partial charge in [-0.1, -0.05) is 6.07 Å². The number of hydrogen-bond donors (Lipinski definition) is 1. The molecule has 0 aliphatic heterocycles. The van der Waals surface area contributed by atoms with Crippen LogP contribution in [-0.4, -0.2) is 19.8 Å². The molecule has 1 rings (SSSR count). The lowest BCUT2D eigenvalue weighted by Gasteiger charge is -2.06. The van der Waals surface area contributed by atoms with Crippen molar-refractivity contribution in [3.8, 4) is 6.07 Å². The van der Waals surface area contributed by atoms with Gasteiger partial charge in [0.2, 0.25) is 0 Å². The van der Waals surface area contributed by atoms with Crippen LogP contribution in [0.3, 0.4) is 0 Å². The number of ether oxygens (including phenoxy) is 1. The highest BCUT2D eigenvalue weighted by atomic mass is 16.5. The summed E-state index contributed by atoms with van der Waals surface area (Å²) in [6.45, 7) is 4.41. The fraction of sp³-hybridized carbons (Fsp3) is 0.417. The summed E-state index contributed by atoms with van der Waals surface area (Å²) < 4.78 is 5.22. The molecule has 0 heterocycles. The van der Waals surface area contributed by atoms with E-state index in [1.807, 2.05) is 25.1 Å². The predicted octanol–water partition coefficient (Wildman–Crippen LogP) is 2.40. The quantitative estimate of drug-likeness (QED) is 0.724. The summed E-state index contributed by atoms with van der Waals surface area (Å²) in [7, 11) is 0. The fourth-order valence-corrected chi connectivity index (χ4v) is 1.25. The van der Waals surface area contributed by atoms with Gasteiger partial charge in [0, 0.05) is 25.4 Å². The zero-order chi connectivity index (χ0) is 10.9. The maximum atomic E-state index is 8.71. The van der Waals surface area contributed by atoms with Crippen molar-refractivity contribution >= 4 is 5.69 Å². The minimum absolute atomic E-state index is 0.685. The summed E-state index contributed by atoms with van der Waals surface area (Å²) in [6.07, 6.45) is 0.977. The molecule has 3 nitrogen and oxygen atoms in total. The van der Waals surface area contributed by atoms with Gasteiger partial charge in [-0.3, -0.25) is 0 Å². The Morgan fingerprint density at radius 2 is 2.33 bits per heavy atom. The largest absolute Gasteiger partial charge is 0.385 e. The lowest BCUT2D eigenvalue weighted by atomic mass is 10.2. The van der Waals surface area contributed by atoms with Gasteiger partial charge in [0.1, 0.15) is 0 Å². The number of nitrogens with one attached hydrogen (secondary N) is 1. The van der Waals surface area contributed by atoms with Crippen molar-refractivity contribution in [1.82, 2.24) is 0 Å². The molecular weight excluding hydrogens is 188 g/mol. The van der Waals surface area contributed by atoms with Crippen molar-refractivity contribution in [1.29, 1.82) is 5.26 Å². The molecule has 15 heavy (non-hydrogen) atoms. The van der Waals surface area contributed by atoms with E-state index in [-0.39, 0.29) is 0 Å². The summed E-state index contributed by atoms with van der Waals surface area (Å²) in [6, 6.07) is 9.60. The van der Waals surface area contributed by atoms with Crippen LogP contribution in [0.15, 0.2) is 24.3 Å². The molecular formula is C12H16N2O. The van der Waals surface area contributed by atoms with E-state index in [1.165, 1.54) is 0 Å². The average molecular weight is 204 g/mol. The predicted molar refractivity (Wildman–Crippen MR) is 60.8 cm³/mol. The smallest absolute Gasteiger partial charge is 0.0992 e. The molecule has 0 amide bonds. The number of hydrogen-bond acceptors (Lipinski definition) is 3. The number of rotatable bonds is 6. The molecule has 0 fully saturated rings. The third-order valence-corrected chi connectivity index (χ3v) is 1.99. The first-order valence-corrected chi connectivity index (χ1v) is 5.18. The molecule has 0 atom stereocenters. The summed E-state index contributed by atoms with van der Waals surface area (Å²) in [4.78, 5) is 0. The Kier molecular flexibility index (Phi) is 5.28. The van der Waals surface area contributed by atoms with Crippen molar-refractivity contribution in [3.63, 3.8) is 0 Å². The van der Waals surface area contributed by atoms with Crippen LogP contribution < -0.4 is 5.32 Å². The second kappa shape index (κ2) is 6.86. The third kappa shape index (κ3) is 4.48. The lowest BCUT2D eigenvalue weighted by molar-refractivity contribution is 0.147. The molecule has 0 saturated carbocycles. The van der Waals surface area contributed by atoms with Gasteiger partial charge in [-0.25, -0.2) is 0 Å². The zero-order valence-electron chi connectivity index (χ0n) is 8.99. The van der Waals surface area contributed by atoms with E-state index in [4.69, 9.17) is 10.00 Å². The minimum atomic E-state index is 0.685. The molecule has 0 aliphatic carbocycles. The monoisotopic (exact) mass is 204 g/mol. The summed E-state index contributed by atoms with van der Waals surface area (Å²) in [5, 5.41) is 12.0. The van der Waals surface area contributed by atoms with E-state index >= 15 is 0 Å². The van der Waals surface area contributed by atoms with Gasteiger partial charge in [-0.05, 0) is 31.5 Å². The van der Waals surface area contributed by atoms with Gasteiger partial charge in [0.05, 0.1) is 11.6 Å². The van der Waals surface area contributed by atoms with E-state index in [1.54, 1.807) is 6.07 Å². The standard InChI is InChI=1S/C12H16N2O/c1-2-15-8-4-7-14-12-6-3-5-11(9-12)10-13/h3,5-6,9,14H,2,4,7-8H2,1H3. The molecule has 0 radical (unpaired) electrons. The molecule has 0 unspecified atom stereocenters. The van der Waals surface area contributed by atoms with Crippen molar-refractivity contribution in [2.75, 3.05) is 25.1 Å². The van der Waals surface area contributed by atoms with Crippen LogP contribution in [0, 0.1) is 11.3 Å². The number of benzene rings is 1. The molecule has 1 aromatic carbocycles. The minimum Gasteiger partial charge on any atom is -0.385 e. The maximum Gasteiger partial charge on any atom is 0.0992 e. The molecule has 1 N–H and O–H groups in total. The second-order valence-corrected chi connectivity index (χ2v) is 3.17. The van der Waals surface area contributed by atoms with Crippen molar-refractivity contribution in [2.45, 2.75) is 13.3 Å². The van der Waals surface area contributed by atoms with Crippen LogP contribution >= 0.6 is 0 Å². The fourth-order valence-electron chi connectivity index (χ4n) is 1.25. The van der Waals surface area contributed by atoms with Crippen LogP contribution in [0.4, 0.5) is 5.69 Å². The number of nitrogens with zero attached hydrogens (tertiary/aromatic N) is 1. The second-order valence-electron chi connectivity index (χ2n) is 3.17. The first-order valence-electron chi connectivity index (χ1n) is 5.18. The van der Waals surface area contributed by atoms with E-state index in [9.17, 15) is 0 Å². The third-order valence-electron chi connectivity index (χ3n) is 1.99. The number of anilines is 1. The molecule has 0 bridgehead atoms. The van der Waals surface area contributed by atoms with Crippen molar-refractivity contribution in [2.24, 2.45) is 0 Å². The normalized spacial score (nSPS) is 9.60. The van der Waals surface area contributed by atoms with Gasteiger partial charge in [0.15, 0.2) is 0 Å². The van der Waals surface area contributed by atoms with E-state index in [2.05, 4.69) is 11.4 Å². The lowest BCUT2D eigenvalue weighted by Crippen LogP contribution is -2.05. The average Bonchev–Trinajstić information content (AvgIpc) is 2.29. The van der Waals surface area contributed by atoms with E-state index < -0.39 is 0 Å². The Morgan fingerprint density at radius 1 is 1.47 bits per heavy atom. The zero-order valence-corrected chi connectivity index (χ0v) is 8.99. The Labute approximate surface area is 90.7 Å². The summed E-state index contributed by atoms with van der Waals surface area (Å²) >= 11 is 0. The van der Waals surface area contributed by atoms with Crippen LogP contribution in [0.5, 0.6) is 0 Å². The highest BCUT2D eigenvalue weighted by molar-refractivity contribution is 5.48. The SMILES string of the molecule is CCOCCCNc1cccc(C#N)c1. The van der Waals surface area contributed by atoms with E-state index in [0.717, 1.165) is 31.9 Å². The molecule has 80 valence electrons. The Morgan fingerprint density at radius 3 is 3.07 bits per heavy atom.